The molecule has 0 N–H and O–H groups in total. The highest BCUT2D eigenvalue weighted by Crippen LogP contribution is 2.27. The van der Waals surface area contributed by atoms with Gasteiger partial charge in [0.25, 0.3) is 5.91 Å². The van der Waals surface area contributed by atoms with Gasteiger partial charge in [-0.15, -0.1) is 10.2 Å². The highest BCUT2D eigenvalue weighted by molar-refractivity contribution is 5.93. The van der Waals surface area contributed by atoms with Crippen LogP contribution in [0, 0.1) is 13.8 Å². The maximum Gasteiger partial charge on any atom is 0.276 e. The molecule has 0 aliphatic carbocycles. The Morgan fingerprint density at radius 1 is 1.30 bits per heavy atom. The number of aromatic nitrogens is 6. The number of hydrogen-bond donors (Lipinski definition) is 0. The third-order valence-electron chi connectivity index (χ3n) is 5.26. The lowest BCUT2D eigenvalue weighted by atomic mass is 9.97. The zero-order chi connectivity index (χ0) is 19.0. The van der Waals surface area contributed by atoms with Gasteiger partial charge in [-0.3, -0.25) is 4.79 Å². The molecule has 1 aliphatic heterocycles. The highest BCUT2D eigenvalue weighted by Gasteiger charge is 2.30. The zero-order valence-electron chi connectivity index (χ0n) is 15.8. The minimum Gasteiger partial charge on any atom is -0.448 e. The van der Waals surface area contributed by atoms with Crippen molar-refractivity contribution in [1.29, 1.82) is 0 Å². The number of hydrogen-bond acceptors (Lipinski definition) is 6. The van der Waals surface area contributed by atoms with E-state index in [9.17, 15) is 4.79 Å². The van der Waals surface area contributed by atoms with Crippen molar-refractivity contribution >= 4 is 5.91 Å². The summed E-state index contributed by atoms with van der Waals surface area (Å²) in [5, 5.41) is 8.81. The molecule has 27 heavy (non-hydrogen) atoms. The van der Waals surface area contributed by atoms with Gasteiger partial charge in [-0.05, 0) is 26.7 Å². The largest absolute Gasteiger partial charge is 0.448 e. The minimum atomic E-state index is -0.0811. The minimum absolute atomic E-state index is 0.0811. The van der Waals surface area contributed by atoms with E-state index in [1.165, 1.54) is 6.39 Å². The van der Waals surface area contributed by atoms with Crippen molar-refractivity contribution in [2.75, 3.05) is 13.1 Å². The van der Waals surface area contributed by atoms with Gasteiger partial charge < -0.3 is 18.5 Å². The second-order valence-electron chi connectivity index (χ2n) is 6.98. The van der Waals surface area contributed by atoms with Gasteiger partial charge in [0.15, 0.2) is 17.9 Å². The van der Waals surface area contributed by atoms with Crippen LogP contribution in [0.25, 0.3) is 0 Å². The Labute approximate surface area is 157 Å². The van der Waals surface area contributed by atoms with Crippen molar-refractivity contribution in [3.63, 3.8) is 0 Å². The van der Waals surface area contributed by atoms with Crippen LogP contribution in [0.2, 0.25) is 0 Å². The molecular weight excluding hydrogens is 346 g/mol. The van der Waals surface area contributed by atoms with Crippen LogP contribution in [0.3, 0.4) is 0 Å². The van der Waals surface area contributed by atoms with Crippen LogP contribution in [-0.2, 0) is 13.6 Å². The van der Waals surface area contributed by atoms with Gasteiger partial charge in [0.05, 0.1) is 6.54 Å². The first kappa shape index (κ1) is 17.4. The second kappa shape index (κ2) is 6.98. The first-order chi connectivity index (χ1) is 13.0. The second-order valence-corrected chi connectivity index (χ2v) is 6.98. The number of likely N-dealkylation sites (tertiary alicyclic amines) is 1. The predicted molar refractivity (Wildman–Crippen MR) is 96.2 cm³/mol. The molecule has 4 heterocycles. The van der Waals surface area contributed by atoms with Crippen molar-refractivity contribution in [2.24, 2.45) is 7.05 Å². The monoisotopic (exact) mass is 369 g/mol. The molecule has 1 aliphatic rings. The average Bonchev–Trinajstić information content (AvgIpc) is 3.37. The van der Waals surface area contributed by atoms with Gasteiger partial charge >= 0.3 is 0 Å². The average molecular weight is 369 g/mol. The quantitative estimate of drug-likeness (QED) is 0.694. The molecule has 1 saturated heterocycles. The van der Waals surface area contributed by atoms with E-state index in [4.69, 9.17) is 4.42 Å². The molecule has 0 aromatic carbocycles. The molecule has 9 nitrogen and oxygen atoms in total. The summed E-state index contributed by atoms with van der Waals surface area (Å²) in [5.41, 5.74) is 0.393. The third kappa shape index (κ3) is 3.24. The van der Waals surface area contributed by atoms with Gasteiger partial charge in [-0.2, -0.15) is 0 Å². The molecule has 3 aromatic rings. The topological polar surface area (TPSA) is 94.9 Å². The Bertz CT molecular complexity index is 955. The van der Waals surface area contributed by atoms with E-state index in [1.54, 1.807) is 13.1 Å². The molecular formula is C18H23N7O2. The van der Waals surface area contributed by atoms with Crippen LogP contribution >= 0.6 is 0 Å². The number of aryl methyl sites for hydroxylation is 2. The van der Waals surface area contributed by atoms with Crippen LogP contribution in [0.1, 0.15) is 52.5 Å². The van der Waals surface area contributed by atoms with Gasteiger partial charge in [0.1, 0.15) is 17.4 Å². The summed E-state index contributed by atoms with van der Waals surface area (Å²) in [6.07, 6.45) is 6.94. The van der Waals surface area contributed by atoms with Crippen molar-refractivity contribution in [1.82, 2.24) is 34.2 Å². The summed E-state index contributed by atoms with van der Waals surface area (Å²) in [7, 11) is 1.99. The fourth-order valence-corrected chi connectivity index (χ4v) is 3.62. The number of oxazole rings is 1. The van der Waals surface area contributed by atoms with Crippen LogP contribution in [0.4, 0.5) is 0 Å². The molecule has 1 amide bonds. The maximum absolute atomic E-state index is 12.7. The molecule has 1 unspecified atom stereocenters. The summed E-state index contributed by atoms with van der Waals surface area (Å²) in [5.74, 6) is 3.36. The molecule has 0 radical (unpaired) electrons. The molecule has 9 heteroatoms. The molecule has 4 rings (SSSR count). The van der Waals surface area contributed by atoms with E-state index in [2.05, 4.69) is 20.2 Å². The number of nitrogens with zero attached hydrogens (tertiary/aromatic N) is 7. The van der Waals surface area contributed by atoms with Gasteiger partial charge in [0, 0.05) is 38.4 Å². The summed E-state index contributed by atoms with van der Waals surface area (Å²) in [4.78, 5) is 22.9. The first-order valence-corrected chi connectivity index (χ1v) is 9.10. The van der Waals surface area contributed by atoms with E-state index in [0.717, 1.165) is 36.9 Å². The third-order valence-corrected chi connectivity index (χ3v) is 5.26. The summed E-state index contributed by atoms with van der Waals surface area (Å²) in [6, 6.07) is 0. The van der Waals surface area contributed by atoms with Crippen molar-refractivity contribution in [2.45, 2.75) is 39.2 Å². The molecule has 3 aromatic heterocycles. The fourth-order valence-electron chi connectivity index (χ4n) is 3.62. The lowest BCUT2D eigenvalue weighted by Gasteiger charge is -2.31. The summed E-state index contributed by atoms with van der Waals surface area (Å²) in [6.45, 7) is 5.69. The number of piperidine rings is 1. The maximum atomic E-state index is 12.7. The van der Waals surface area contributed by atoms with Gasteiger partial charge in [0.2, 0.25) is 0 Å². The van der Waals surface area contributed by atoms with Crippen molar-refractivity contribution < 1.29 is 9.21 Å². The van der Waals surface area contributed by atoms with E-state index in [1.807, 2.05) is 34.2 Å². The smallest absolute Gasteiger partial charge is 0.276 e. The molecule has 1 atom stereocenters. The Balaban J connectivity index is 1.51. The van der Waals surface area contributed by atoms with Crippen molar-refractivity contribution in [3.05, 3.63) is 47.7 Å². The predicted octanol–water partition coefficient (Wildman–Crippen LogP) is 1.68. The normalized spacial score (nSPS) is 17.4. The summed E-state index contributed by atoms with van der Waals surface area (Å²) < 4.78 is 9.26. The lowest BCUT2D eigenvalue weighted by molar-refractivity contribution is 0.0696. The van der Waals surface area contributed by atoms with E-state index >= 15 is 0 Å². The van der Waals surface area contributed by atoms with Crippen LogP contribution in [-0.4, -0.2) is 53.2 Å². The SMILES string of the molecule is Cc1ocnc1C(=O)N1CCCC(c2nnc(Cn3ccnc3C)n2C)C1. The lowest BCUT2D eigenvalue weighted by Crippen LogP contribution is -2.40. The molecule has 142 valence electrons. The number of imidazole rings is 1. The van der Waals surface area contributed by atoms with Crippen molar-refractivity contribution in [3.8, 4) is 0 Å². The molecule has 0 bridgehead atoms. The standard InChI is InChI=1S/C18H23N7O2/c1-12-16(20-11-27-12)18(26)25-7-4-5-14(9-25)17-22-21-15(23(17)3)10-24-8-6-19-13(24)2/h6,8,11,14H,4-5,7,9-10H2,1-3H3. The Morgan fingerprint density at radius 2 is 2.15 bits per heavy atom. The zero-order valence-corrected chi connectivity index (χ0v) is 15.8. The van der Waals surface area contributed by atoms with Crippen LogP contribution in [0.15, 0.2) is 23.2 Å². The number of carbonyl (C=O) groups excluding carboxylic acids is 1. The van der Waals surface area contributed by atoms with Crippen LogP contribution < -0.4 is 0 Å². The number of amides is 1. The fraction of sp³-hybridized carbons (Fsp3) is 0.500. The van der Waals surface area contributed by atoms with Gasteiger partial charge in [-0.1, -0.05) is 0 Å². The Kier molecular flexibility index (Phi) is 4.51. The van der Waals surface area contributed by atoms with E-state index in [-0.39, 0.29) is 11.8 Å². The molecule has 1 fully saturated rings. The number of rotatable bonds is 4. The van der Waals surface area contributed by atoms with E-state index < -0.39 is 0 Å². The van der Waals surface area contributed by atoms with Crippen LogP contribution in [0.5, 0.6) is 0 Å². The Hall–Kier alpha value is -2.97. The van der Waals surface area contributed by atoms with Gasteiger partial charge in [-0.25, -0.2) is 9.97 Å². The summed E-state index contributed by atoms with van der Waals surface area (Å²) >= 11 is 0. The first-order valence-electron chi connectivity index (χ1n) is 9.10. The molecule has 0 spiro atoms. The molecule has 0 saturated carbocycles. The van der Waals surface area contributed by atoms with E-state index in [0.29, 0.717) is 24.5 Å². The highest BCUT2D eigenvalue weighted by atomic mass is 16.3. The Morgan fingerprint density at radius 3 is 2.85 bits per heavy atom. The number of carbonyl (C=O) groups is 1.